The number of allylic oxidation sites excluding steroid dienone is 2. The second-order valence-corrected chi connectivity index (χ2v) is 12.3. The van der Waals surface area contributed by atoms with Crippen LogP contribution in [0.15, 0.2) is 65.4 Å². The third-order valence-corrected chi connectivity index (χ3v) is 9.54. The second kappa shape index (κ2) is 13.0. The van der Waals surface area contributed by atoms with Gasteiger partial charge in [-0.05, 0) is 55.8 Å². The monoisotopic (exact) mass is 563 g/mol. The third-order valence-electron chi connectivity index (χ3n) is 6.90. The summed E-state index contributed by atoms with van der Waals surface area (Å²) in [7, 11) is -0.973. The van der Waals surface area contributed by atoms with Gasteiger partial charge in [0.25, 0.3) is 0 Å². The molecule has 7 nitrogen and oxygen atoms in total. The van der Waals surface area contributed by atoms with Crippen LogP contribution in [-0.2, 0) is 11.0 Å². The molecule has 2 unspecified atom stereocenters. The van der Waals surface area contributed by atoms with E-state index in [1.165, 1.54) is 4.91 Å². The normalized spacial score (nSPS) is 21.3. The van der Waals surface area contributed by atoms with Gasteiger partial charge < -0.3 is 15.4 Å². The van der Waals surface area contributed by atoms with E-state index in [0.29, 0.717) is 18.4 Å². The number of anilines is 2. The number of nitrogens with zero attached hydrogens (tertiary/aromatic N) is 3. The molecule has 4 heterocycles. The van der Waals surface area contributed by atoms with Gasteiger partial charge in [0, 0.05) is 48.3 Å². The minimum atomic E-state index is -0.973. The van der Waals surface area contributed by atoms with Crippen molar-refractivity contribution in [2.45, 2.75) is 52.5 Å². The van der Waals surface area contributed by atoms with Gasteiger partial charge in [0.05, 0.1) is 16.3 Å². The molecule has 0 radical (unpaired) electrons. The highest BCUT2D eigenvalue weighted by Gasteiger charge is 2.24. The van der Waals surface area contributed by atoms with Gasteiger partial charge in [-0.25, -0.2) is 14.2 Å². The van der Waals surface area contributed by atoms with Crippen molar-refractivity contribution in [3.05, 3.63) is 71.1 Å². The van der Waals surface area contributed by atoms with Gasteiger partial charge in [0.15, 0.2) is 0 Å². The Labute approximate surface area is 238 Å². The van der Waals surface area contributed by atoms with Gasteiger partial charge in [0.1, 0.15) is 22.5 Å². The predicted octanol–water partition coefficient (Wildman–Crippen LogP) is 6.48. The van der Waals surface area contributed by atoms with Crippen molar-refractivity contribution in [3.8, 4) is 5.75 Å². The minimum absolute atomic E-state index is 0.337. The summed E-state index contributed by atoms with van der Waals surface area (Å²) in [4.78, 5) is 11.6. The number of hydrogen-bond donors (Lipinski definition) is 2. The van der Waals surface area contributed by atoms with Crippen LogP contribution in [-0.4, -0.2) is 45.6 Å². The first-order valence-corrected chi connectivity index (χ1v) is 16.0. The van der Waals surface area contributed by atoms with Crippen LogP contribution in [0, 0.1) is 0 Å². The highest BCUT2D eigenvalue weighted by atomic mass is 32.2. The molecule has 2 saturated heterocycles. The van der Waals surface area contributed by atoms with Crippen LogP contribution in [0.5, 0.6) is 5.75 Å². The Morgan fingerprint density at radius 2 is 1.97 bits per heavy atom. The van der Waals surface area contributed by atoms with E-state index in [9.17, 15) is 4.21 Å². The van der Waals surface area contributed by atoms with Crippen molar-refractivity contribution in [1.29, 1.82) is 0 Å². The molecule has 2 atom stereocenters. The first-order chi connectivity index (χ1) is 19.2. The van der Waals surface area contributed by atoms with E-state index in [1.807, 2.05) is 54.7 Å². The highest BCUT2D eigenvalue weighted by molar-refractivity contribution is 8.11. The van der Waals surface area contributed by atoms with E-state index in [1.54, 1.807) is 11.8 Å². The lowest BCUT2D eigenvalue weighted by molar-refractivity contribution is 0.424. The van der Waals surface area contributed by atoms with Crippen LogP contribution in [0.2, 0.25) is 0 Å². The smallest absolute Gasteiger partial charge is 0.223 e. The van der Waals surface area contributed by atoms with Gasteiger partial charge in [-0.15, -0.1) is 0 Å². The van der Waals surface area contributed by atoms with Crippen LogP contribution in [0.1, 0.15) is 52.1 Å². The van der Waals surface area contributed by atoms with Gasteiger partial charge in [0.2, 0.25) is 5.95 Å². The zero-order valence-electron chi connectivity index (χ0n) is 22.9. The maximum atomic E-state index is 12.6. The first-order valence-electron chi connectivity index (χ1n) is 13.9. The fourth-order valence-electron chi connectivity index (χ4n) is 5.05. The van der Waals surface area contributed by atoms with Crippen LogP contribution in [0.4, 0.5) is 11.6 Å². The van der Waals surface area contributed by atoms with E-state index < -0.39 is 11.0 Å². The average Bonchev–Trinajstić information content (AvgIpc) is 3.41. The number of thioether (sulfide) groups is 1. The number of benzene rings is 2. The molecule has 39 heavy (non-hydrogen) atoms. The molecule has 206 valence electrons. The molecule has 0 spiro atoms. The Balaban J connectivity index is 0.00000151. The quantitative estimate of drug-likeness (QED) is 0.355. The Hall–Kier alpha value is -2.88. The minimum Gasteiger partial charge on any atom is -0.459 e. The first kappa shape index (κ1) is 27.7. The number of ether oxygens (including phenoxy) is 1. The zero-order valence-corrected chi connectivity index (χ0v) is 24.5. The standard InChI is InChI=1S/C28H31N5O2S2.C2H6/c1-19-9-11-26(27(36-19)23-13-15-30-28(32-23)31-20-6-4-14-29-18-20)35-25-12-10-24(33-16-5-17-37(33)34)21-7-2-3-8-22(21)25;1-2/h2-3,7-10,12-13,15,20,29H,4-6,11,14,16-18H2,1H3,(H,30,31,32);1-2H3. The number of hydrogen-bond acceptors (Lipinski definition) is 7. The van der Waals surface area contributed by atoms with Gasteiger partial charge in [-0.1, -0.05) is 56.0 Å². The van der Waals surface area contributed by atoms with Crippen LogP contribution in [0.25, 0.3) is 15.7 Å². The number of rotatable bonds is 6. The van der Waals surface area contributed by atoms with E-state index in [2.05, 4.69) is 40.8 Å². The van der Waals surface area contributed by atoms with Crippen molar-refractivity contribution < 1.29 is 8.95 Å². The molecule has 0 bridgehead atoms. The van der Waals surface area contributed by atoms with Crippen molar-refractivity contribution in [2.75, 3.05) is 35.0 Å². The Morgan fingerprint density at radius 3 is 2.74 bits per heavy atom. The molecule has 2 aromatic carbocycles. The fourth-order valence-corrected chi connectivity index (χ4v) is 7.31. The number of nitrogens with one attached hydrogen (secondary N) is 2. The summed E-state index contributed by atoms with van der Waals surface area (Å²) >= 11 is 1.69. The number of aromatic nitrogens is 2. The molecule has 3 aliphatic heterocycles. The largest absolute Gasteiger partial charge is 0.459 e. The molecular formula is C30H37N5O2S2. The van der Waals surface area contributed by atoms with E-state index in [-0.39, 0.29) is 0 Å². The maximum Gasteiger partial charge on any atom is 0.223 e. The summed E-state index contributed by atoms with van der Waals surface area (Å²) in [5.41, 5.74) is 1.87. The lowest BCUT2D eigenvalue weighted by atomic mass is 10.1. The molecular weight excluding hydrogens is 526 g/mol. The Bertz CT molecular complexity index is 1400. The molecule has 6 rings (SSSR count). The SMILES string of the molecule is CC.CC1=CCC(Oc2ccc(N3CCCS3=O)c3ccccc23)=C(c2ccnc(NC3CCCNC3)n2)S1. The highest BCUT2D eigenvalue weighted by Crippen LogP contribution is 2.43. The summed E-state index contributed by atoms with van der Waals surface area (Å²) in [6, 6.07) is 14.6. The summed E-state index contributed by atoms with van der Waals surface area (Å²) in [6.07, 6.45) is 7.93. The lowest BCUT2D eigenvalue weighted by Gasteiger charge is -2.24. The fraction of sp³-hybridized carbons (Fsp3) is 0.400. The molecule has 3 aliphatic rings. The summed E-state index contributed by atoms with van der Waals surface area (Å²) < 4.78 is 21.2. The Morgan fingerprint density at radius 1 is 1.13 bits per heavy atom. The summed E-state index contributed by atoms with van der Waals surface area (Å²) in [5, 5.41) is 9.00. The van der Waals surface area contributed by atoms with Crippen molar-refractivity contribution in [1.82, 2.24) is 15.3 Å². The second-order valence-electron chi connectivity index (χ2n) is 9.54. The molecule has 0 saturated carbocycles. The van der Waals surface area contributed by atoms with Crippen molar-refractivity contribution in [2.24, 2.45) is 0 Å². The summed E-state index contributed by atoms with van der Waals surface area (Å²) in [6.45, 7) is 8.93. The van der Waals surface area contributed by atoms with Crippen molar-refractivity contribution in [3.63, 3.8) is 0 Å². The van der Waals surface area contributed by atoms with Gasteiger partial charge >= 0.3 is 0 Å². The van der Waals surface area contributed by atoms with Crippen molar-refractivity contribution >= 4 is 50.1 Å². The maximum absolute atomic E-state index is 12.6. The van der Waals surface area contributed by atoms with Crippen LogP contribution in [0.3, 0.4) is 0 Å². The molecule has 1 aromatic heterocycles. The average molecular weight is 564 g/mol. The van der Waals surface area contributed by atoms with Crippen LogP contribution >= 0.6 is 11.8 Å². The molecule has 9 heteroatoms. The topological polar surface area (TPSA) is 79.4 Å². The van der Waals surface area contributed by atoms with E-state index in [0.717, 1.165) is 83.2 Å². The lowest BCUT2D eigenvalue weighted by Crippen LogP contribution is -2.38. The van der Waals surface area contributed by atoms with Gasteiger partial charge in [-0.3, -0.25) is 4.31 Å². The molecule has 0 amide bonds. The summed E-state index contributed by atoms with van der Waals surface area (Å²) in [5.74, 6) is 3.05. The molecule has 2 N–H and O–H groups in total. The van der Waals surface area contributed by atoms with E-state index in [4.69, 9.17) is 9.72 Å². The Kier molecular flexibility index (Phi) is 9.21. The number of fused-ring (bicyclic) bond motifs is 1. The predicted molar refractivity (Wildman–Crippen MR) is 165 cm³/mol. The molecule has 3 aromatic rings. The molecule has 0 aliphatic carbocycles. The number of piperidine rings is 1. The molecule has 2 fully saturated rings. The van der Waals surface area contributed by atoms with Crippen LogP contribution < -0.4 is 19.7 Å². The zero-order chi connectivity index (χ0) is 27.2. The third kappa shape index (κ3) is 6.31. The van der Waals surface area contributed by atoms with Gasteiger partial charge in [-0.2, -0.15) is 0 Å². The van der Waals surface area contributed by atoms with E-state index >= 15 is 0 Å².